The highest BCUT2D eigenvalue weighted by Crippen LogP contribution is 2.26. The number of H-pyrrole nitrogens is 1. The lowest BCUT2D eigenvalue weighted by atomic mass is 10.1. The normalized spacial score (nSPS) is 11.2. The van der Waals surface area contributed by atoms with E-state index in [2.05, 4.69) is 25.0 Å². The standard InChI is InChI=1S/C21H16FN7/c22-15-6-7-16-17(10-15)28-21(27-16)19-20(23)24-11-18(26-19)14-4-2-13(3-5-14)12-29-9-1-8-25-29/h1-11H,12H2,(H2,23,24)(H,27,28). The molecule has 5 rings (SSSR count). The van der Waals surface area contributed by atoms with Crippen LogP contribution in [0.2, 0.25) is 0 Å². The van der Waals surface area contributed by atoms with E-state index in [9.17, 15) is 4.39 Å². The number of aromatic nitrogens is 6. The number of aromatic amines is 1. The van der Waals surface area contributed by atoms with Gasteiger partial charge in [0.15, 0.2) is 11.6 Å². The highest BCUT2D eigenvalue weighted by Gasteiger charge is 2.13. The van der Waals surface area contributed by atoms with E-state index in [0.717, 1.165) is 11.1 Å². The van der Waals surface area contributed by atoms with Gasteiger partial charge in [0.1, 0.15) is 11.5 Å². The van der Waals surface area contributed by atoms with Crippen molar-refractivity contribution in [1.29, 1.82) is 0 Å². The van der Waals surface area contributed by atoms with Crippen molar-refractivity contribution in [1.82, 2.24) is 29.7 Å². The van der Waals surface area contributed by atoms with Gasteiger partial charge in [0.2, 0.25) is 0 Å². The molecular weight excluding hydrogens is 369 g/mol. The van der Waals surface area contributed by atoms with Gasteiger partial charge < -0.3 is 10.7 Å². The molecule has 29 heavy (non-hydrogen) atoms. The fraction of sp³-hybridized carbons (Fsp3) is 0.0476. The summed E-state index contributed by atoms with van der Waals surface area (Å²) in [5.74, 6) is 0.368. The molecule has 0 unspecified atom stereocenters. The number of halogens is 1. The van der Waals surface area contributed by atoms with Gasteiger partial charge in [0.25, 0.3) is 0 Å². The van der Waals surface area contributed by atoms with Gasteiger partial charge in [-0.25, -0.2) is 19.3 Å². The average molecular weight is 385 g/mol. The van der Waals surface area contributed by atoms with Crippen LogP contribution >= 0.6 is 0 Å². The summed E-state index contributed by atoms with van der Waals surface area (Å²) in [6, 6.07) is 14.3. The van der Waals surface area contributed by atoms with Crippen molar-refractivity contribution in [2.75, 3.05) is 5.73 Å². The molecule has 0 spiro atoms. The fourth-order valence-corrected chi connectivity index (χ4v) is 3.17. The summed E-state index contributed by atoms with van der Waals surface area (Å²) in [5.41, 5.74) is 10.4. The molecule has 0 atom stereocenters. The monoisotopic (exact) mass is 385 g/mol. The number of hydrogen-bond acceptors (Lipinski definition) is 5. The first-order valence-electron chi connectivity index (χ1n) is 9.00. The Morgan fingerprint density at radius 3 is 2.72 bits per heavy atom. The molecule has 3 heterocycles. The van der Waals surface area contributed by atoms with E-state index >= 15 is 0 Å². The molecule has 3 aromatic heterocycles. The number of hydrogen-bond donors (Lipinski definition) is 2. The number of nitrogens with two attached hydrogens (primary N) is 1. The summed E-state index contributed by atoms with van der Waals surface area (Å²) in [6.07, 6.45) is 5.31. The Morgan fingerprint density at radius 1 is 1.07 bits per heavy atom. The zero-order valence-electron chi connectivity index (χ0n) is 15.2. The maximum atomic E-state index is 13.5. The molecule has 5 aromatic rings. The molecule has 7 nitrogen and oxygen atoms in total. The average Bonchev–Trinajstić information content (AvgIpc) is 3.38. The van der Waals surface area contributed by atoms with Crippen LogP contribution in [0.5, 0.6) is 0 Å². The Kier molecular flexibility index (Phi) is 4.02. The third-order valence-corrected chi connectivity index (χ3v) is 4.62. The van der Waals surface area contributed by atoms with Gasteiger partial charge in [-0.2, -0.15) is 5.10 Å². The van der Waals surface area contributed by atoms with Gasteiger partial charge in [-0.15, -0.1) is 0 Å². The van der Waals surface area contributed by atoms with E-state index in [-0.39, 0.29) is 11.6 Å². The van der Waals surface area contributed by atoms with Gasteiger partial charge in [-0.1, -0.05) is 24.3 Å². The lowest BCUT2D eigenvalue weighted by molar-refractivity contribution is 0.629. The Balaban J connectivity index is 1.48. The van der Waals surface area contributed by atoms with Crippen molar-refractivity contribution in [2.45, 2.75) is 6.54 Å². The quantitative estimate of drug-likeness (QED) is 0.492. The van der Waals surface area contributed by atoms with E-state index in [1.807, 2.05) is 41.2 Å². The molecule has 0 aliphatic rings. The van der Waals surface area contributed by atoms with E-state index in [0.29, 0.717) is 34.8 Å². The number of imidazole rings is 1. The zero-order valence-corrected chi connectivity index (χ0v) is 15.2. The van der Waals surface area contributed by atoms with Gasteiger partial charge in [0.05, 0.1) is 29.5 Å². The van der Waals surface area contributed by atoms with Crippen LogP contribution in [0.1, 0.15) is 5.56 Å². The van der Waals surface area contributed by atoms with Crippen LogP contribution in [-0.2, 0) is 6.54 Å². The van der Waals surface area contributed by atoms with Gasteiger partial charge in [-0.05, 0) is 29.8 Å². The van der Waals surface area contributed by atoms with Crippen LogP contribution < -0.4 is 5.73 Å². The Labute approximate surface area is 165 Å². The minimum Gasteiger partial charge on any atom is -0.382 e. The predicted molar refractivity (Wildman–Crippen MR) is 108 cm³/mol. The van der Waals surface area contributed by atoms with E-state index in [4.69, 9.17) is 5.73 Å². The van der Waals surface area contributed by atoms with Crippen LogP contribution in [0, 0.1) is 5.82 Å². The van der Waals surface area contributed by atoms with Crippen LogP contribution in [0.4, 0.5) is 10.2 Å². The Hall–Kier alpha value is -4.07. The van der Waals surface area contributed by atoms with Crippen LogP contribution in [0.25, 0.3) is 33.8 Å². The third kappa shape index (κ3) is 3.31. The predicted octanol–water partition coefficient (Wildman–Crippen LogP) is 3.65. The summed E-state index contributed by atoms with van der Waals surface area (Å²) in [6.45, 7) is 0.696. The number of fused-ring (bicyclic) bond motifs is 1. The maximum Gasteiger partial charge on any atom is 0.161 e. The Morgan fingerprint density at radius 2 is 1.93 bits per heavy atom. The lowest BCUT2D eigenvalue weighted by Crippen LogP contribution is -2.01. The molecule has 0 aliphatic heterocycles. The largest absolute Gasteiger partial charge is 0.382 e. The molecule has 0 radical (unpaired) electrons. The molecular formula is C21H16FN7. The van der Waals surface area contributed by atoms with Crippen molar-refractivity contribution < 1.29 is 4.39 Å². The summed E-state index contributed by atoms with van der Waals surface area (Å²) >= 11 is 0. The maximum absolute atomic E-state index is 13.5. The van der Waals surface area contributed by atoms with Crippen molar-refractivity contribution in [3.63, 3.8) is 0 Å². The smallest absolute Gasteiger partial charge is 0.161 e. The number of nitrogens with zero attached hydrogens (tertiary/aromatic N) is 5. The molecule has 3 N–H and O–H groups in total. The van der Waals surface area contributed by atoms with E-state index < -0.39 is 0 Å². The van der Waals surface area contributed by atoms with Gasteiger partial charge >= 0.3 is 0 Å². The van der Waals surface area contributed by atoms with Crippen LogP contribution in [-0.4, -0.2) is 29.7 Å². The van der Waals surface area contributed by atoms with Crippen molar-refractivity contribution in [3.05, 3.63) is 78.5 Å². The number of nitrogens with one attached hydrogen (secondary N) is 1. The summed E-state index contributed by atoms with van der Waals surface area (Å²) in [5, 5.41) is 4.22. The van der Waals surface area contributed by atoms with Crippen LogP contribution in [0.3, 0.4) is 0 Å². The highest BCUT2D eigenvalue weighted by molar-refractivity contribution is 5.81. The molecule has 2 aromatic carbocycles. The van der Waals surface area contributed by atoms with Crippen LogP contribution in [0.15, 0.2) is 67.1 Å². The first-order valence-corrected chi connectivity index (χ1v) is 9.00. The third-order valence-electron chi connectivity index (χ3n) is 4.62. The first kappa shape index (κ1) is 17.1. The zero-order chi connectivity index (χ0) is 19.8. The molecule has 0 aliphatic carbocycles. The second-order valence-electron chi connectivity index (χ2n) is 6.64. The molecule has 0 saturated carbocycles. The molecule has 0 saturated heterocycles. The molecule has 0 fully saturated rings. The highest BCUT2D eigenvalue weighted by atomic mass is 19.1. The van der Waals surface area contributed by atoms with E-state index in [1.165, 1.54) is 12.1 Å². The summed E-state index contributed by atoms with van der Waals surface area (Å²) in [4.78, 5) is 16.4. The Bertz CT molecular complexity index is 1290. The van der Waals surface area contributed by atoms with Crippen molar-refractivity contribution in [3.8, 4) is 22.8 Å². The van der Waals surface area contributed by atoms with Crippen molar-refractivity contribution >= 4 is 16.9 Å². The molecule has 0 bridgehead atoms. The second kappa shape index (κ2) is 6.83. The second-order valence-corrected chi connectivity index (χ2v) is 6.64. The van der Waals surface area contributed by atoms with Gasteiger partial charge in [0, 0.05) is 18.0 Å². The molecule has 142 valence electrons. The number of nitrogen functional groups attached to an aromatic ring is 1. The van der Waals surface area contributed by atoms with E-state index in [1.54, 1.807) is 18.5 Å². The summed E-state index contributed by atoms with van der Waals surface area (Å²) in [7, 11) is 0. The number of benzene rings is 2. The number of anilines is 1. The topological polar surface area (TPSA) is 98.3 Å². The lowest BCUT2D eigenvalue weighted by Gasteiger charge is -2.07. The fourth-order valence-electron chi connectivity index (χ4n) is 3.17. The summed E-state index contributed by atoms with van der Waals surface area (Å²) < 4.78 is 15.3. The van der Waals surface area contributed by atoms with Crippen molar-refractivity contribution in [2.24, 2.45) is 0 Å². The minimum absolute atomic E-state index is 0.253. The minimum atomic E-state index is -0.337. The first-order chi connectivity index (χ1) is 14.2. The SMILES string of the molecule is Nc1ncc(-c2ccc(Cn3cccn3)cc2)nc1-c1nc2ccc(F)cc2[nH]1. The molecule has 0 amide bonds. The number of rotatable bonds is 4. The van der Waals surface area contributed by atoms with Gasteiger partial charge in [-0.3, -0.25) is 4.68 Å². The molecule has 8 heteroatoms.